The smallest absolute Gasteiger partial charge is 0.283 e. The lowest BCUT2D eigenvalue weighted by Gasteiger charge is -2.12. The van der Waals surface area contributed by atoms with Crippen molar-refractivity contribution in [3.8, 4) is 0 Å². The minimum Gasteiger partial charge on any atom is -0.344 e. The predicted octanol–water partition coefficient (Wildman–Crippen LogP) is -2.51. The molecule has 12 heavy (non-hydrogen) atoms. The van der Waals surface area contributed by atoms with Crippen LogP contribution in [0.2, 0.25) is 0 Å². The number of nitrogens with one attached hydrogen (secondary N) is 1. The van der Waals surface area contributed by atoms with E-state index in [1.807, 2.05) is 5.48 Å². The molecule has 0 aliphatic carbocycles. The van der Waals surface area contributed by atoms with E-state index in [4.69, 9.17) is 15.3 Å². The monoisotopic (exact) mass is 201 g/mol. The van der Waals surface area contributed by atoms with Crippen LogP contribution in [0.3, 0.4) is 0 Å². The number of hydrogen-bond donors (Lipinski definition) is 4. The molecule has 74 valence electrons. The summed E-state index contributed by atoms with van der Waals surface area (Å²) in [5.41, 5.74) is 1.91. The van der Waals surface area contributed by atoms with Crippen LogP contribution in [0.25, 0.3) is 0 Å². The highest BCUT2D eigenvalue weighted by atomic mass is 32.2. The molecule has 0 aliphatic rings. The van der Waals surface area contributed by atoms with Crippen molar-refractivity contribution >= 4 is 10.1 Å². The lowest BCUT2D eigenvalue weighted by Crippen LogP contribution is -2.31. The van der Waals surface area contributed by atoms with E-state index in [1.54, 1.807) is 0 Å². The third-order valence-corrected chi connectivity index (χ3v) is 2.02. The Hall–Kier alpha value is -0.250. The van der Waals surface area contributed by atoms with E-state index in [9.17, 15) is 8.42 Å². The quantitative estimate of drug-likeness (QED) is 0.286. The summed E-state index contributed by atoms with van der Waals surface area (Å²) < 4.78 is 25.3. The standard InChI is InChI=1S/C4H11NO6S/c1-5-11-12(9,10)3-2-4(6,7)8/h5-8H,2-3H2,1H3. The van der Waals surface area contributed by atoms with Gasteiger partial charge in [0.2, 0.25) is 0 Å². The van der Waals surface area contributed by atoms with Crippen molar-refractivity contribution in [3.05, 3.63) is 0 Å². The van der Waals surface area contributed by atoms with Crippen LogP contribution in [-0.4, -0.2) is 42.5 Å². The van der Waals surface area contributed by atoms with Crippen molar-refractivity contribution in [1.29, 1.82) is 0 Å². The Labute approximate surface area is 69.7 Å². The molecule has 0 amide bonds. The van der Waals surface area contributed by atoms with Crippen LogP contribution < -0.4 is 5.48 Å². The molecule has 0 heterocycles. The van der Waals surface area contributed by atoms with E-state index >= 15 is 0 Å². The summed E-state index contributed by atoms with van der Waals surface area (Å²) in [6.45, 7) is 0. The Morgan fingerprint density at radius 3 is 2.25 bits per heavy atom. The van der Waals surface area contributed by atoms with Gasteiger partial charge < -0.3 is 15.3 Å². The van der Waals surface area contributed by atoms with Gasteiger partial charge >= 0.3 is 0 Å². The van der Waals surface area contributed by atoms with Crippen LogP contribution in [0.4, 0.5) is 0 Å². The first-order valence-electron chi connectivity index (χ1n) is 3.02. The van der Waals surface area contributed by atoms with Gasteiger partial charge in [-0.15, -0.1) is 0 Å². The van der Waals surface area contributed by atoms with Crippen LogP contribution in [0, 0.1) is 0 Å². The van der Waals surface area contributed by atoms with Gasteiger partial charge in [0.25, 0.3) is 16.1 Å². The van der Waals surface area contributed by atoms with E-state index in [0.717, 1.165) is 0 Å². The topological polar surface area (TPSA) is 116 Å². The maximum absolute atomic E-state index is 10.7. The predicted molar refractivity (Wildman–Crippen MR) is 37.9 cm³/mol. The maximum atomic E-state index is 10.7. The lowest BCUT2D eigenvalue weighted by atomic mass is 10.4. The van der Waals surface area contributed by atoms with Crippen LogP contribution in [0.15, 0.2) is 0 Å². The van der Waals surface area contributed by atoms with Gasteiger partial charge in [0.15, 0.2) is 0 Å². The molecule has 0 atom stereocenters. The molecule has 0 aromatic rings. The third kappa shape index (κ3) is 6.46. The van der Waals surface area contributed by atoms with E-state index in [-0.39, 0.29) is 0 Å². The number of rotatable bonds is 5. The molecule has 0 aliphatic heterocycles. The second-order valence-corrected chi connectivity index (χ2v) is 3.76. The van der Waals surface area contributed by atoms with Gasteiger partial charge in [0, 0.05) is 13.5 Å². The van der Waals surface area contributed by atoms with Gasteiger partial charge in [-0.05, 0) is 0 Å². The molecule has 0 aromatic carbocycles. The zero-order valence-corrected chi connectivity index (χ0v) is 7.21. The van der Waals surface area contributed by atoms with Crippen molar-refractivity contribution in [3.63, 3.8) is 0 Å². The normalized spacial score (nSPS) is 13.3. The molecule has 0 saturated heterocycles. The summed E-state index contributed by atoms with van der Waals surface area (Å²) in [6.07, 6.45) is -0.739. The molecule has 4 N–H and O–H groups in total. The van der Waals surface area contributed by atoms with Gasteiger partial charge in [-0.3, -0.25) is 0 Å². The fraction of sp³-hybridized carbons (Fsp3) is 1.00. The first-order chi connectivity index (χ1) is 5.27. The average Bonchev–Trinajstić information content (AvgIpc) is 1.83. The Morgan fingerprint density at radius 1 is 1.42 bits per heavy atom. The molecular weight excluding hydrogens is 190 g/mol. The largest absolute Gasteiger partial charge is 0.344 e. The van der Waals surface area contributed by atoms with Crippen LogP contribution >= 0.6 is 0 Å². The van der Waals surface area contributed by atoms with Gasteiger partial charge in [-0.1, -0.05) is 0 Å². The molecule has 8 heteroatoms. The summed E-state index contributed by atoms with van der Waals surface area (Å²) in [7, 11) is -2.62. The minimum atomic E-state index is -3.86. The molecule has 0 bridgehead atoms. The second kappa shape index (κ2) is 4.12. The molecule has 0 fully saturated rings. The van der Waals surface area contributed by atoms with E-state index in [2.05, 4.69) is 4.28 Å². The molecule has 0 rings (SSSR count). The van der Waals surface area contributed by atoms with Gasteiger partial charge in [0.05, 0.1) is 5.75 Å². The first kappa shape index (κ1) is 11.8. The van der Waals surface area contributed by atoms with Crippen molar-refractivity contribution in [1.82, 2.24) is 5.48 Å². The van der Waals surface area contributed by atoms with Gasteiger partial charge in [-0.2, -0.15) is 18.2 Å². The highest BCUT2D eigenvalue weighted by molar-refractivity contribution is 7.86. The van der Waals surface area contributed by atoms with Crippen LogP contribution in [-0.2, 0) is 14.4 Å². The van der Waals surface area contributed by atoms with Gasteiger partial charge in [0.1, 0.15) is 0 Å². The molecule has 0 aromatic heterocycles. The molecule has 0 spiro atoms. The Morgan fingerprint density at radius 2 is 1.92 bits per heavy atom. The third-order valence-electron chi connectivity index (χ3n) is 0.898. The Balaban J connectivity index is 3.94. The Kier molecular flexibility index (Phi) is 4.03. The first-order valence-corrected chi connectivity index (χ1v) is 4.59. The van der Waals surface area contributed by atoms with Gasteiger partial charge in [-0.25, -0.2) is 0 Å². The SMILES string of the molecule is CNOS(=O)(=O)CCC(O)(O)O. The number of hydrogen-bond acceptors (Lipinski definition) is 7. The second-order valence-electron chi connectivity index (χ2n) is 2.07. The van der Waals surface area contributed by atoms with Crippen molar-refractivity contribution in [2.24, 2.45) is 0 Å². The highest BCUT2D eigenvalue weighted by Gasteiger charge is 2.23. The average molecular weight is 201 g/mol. The summed E-state index contributed by atoms with van der Waals surface area (Å²) >= 11 is 0. The van der Waals surface area contributed by atoms with Crippen molar-refractivity contribution < 1.29 is 28.0 Å². The maximum Gasteiger partial charge on any atom is 0.283 e. The van der Waals surface area contributed by atoms with Crippen LogP contribution in [0.1, 0.15) is 6.42 Å². The molecular formula is C4H11NO6S. The summed E-state index contributed by atoms with van der Waals surface area (Å²) in [5, 5.41) is 25.0. The lowest BCUT2D eigenvalue weighted by molar-refractivity contribution is -0.311. The summed E-state index contributed by atoms with van der Waals surface area (Å²) in [4.78, 5) is 0. The highest BCUT2D eigenvalue weighted by Crippen LogP contribution is 2.03. The summed E-state index contributed by atoms with van der Waals surface area (Å²) in [6, 6.07) is 0. The molecule has 0 unspecified atom stereocenters. The number of aliphatic hydroxyl groups is 3. The molecule has 0 radical (unpaired) electrons. The number of hydroxylamine groups is 1. The fourth-order valence-electron chi connectivity index (χ4n) is 0.431. The van der Waals surface area contributed by atoms with E-state index < -0.39 is 28.3 Å². The summed E-state index contributed by atoms with van der Waals surface area (Å²) in [5.74, 6) is -3.68. The molecule has 0 saturated carbocycles. The molecule has 7 nitrogen and oxygen atoms in total. The van der Waals surface area contributed by atoms with Crippen molar-refractivity contribution in [2.75, 3.05) is 12.8 Å². The Bertz CT molecular complexity index is 216. The van der Waals surface area contributed by atoms with Crippen molar-refractivity contribution in [2.45, 2.75) is 12.4 Å². The zero-order valence-electron chi connectivity index (χ0n) is 6.39. The van der Waals surface area contributed by atoms with E-state index in [0.29, 0.717) is 0 Å². The zero-order chi connectivity index (χ0) is 9.83. The van der Waals surface area contributed by atoms with Crippen LogP contribution in [0.5, 0.6) is 0 Å². The van der Waals surface area contributed by atoms with E-state index in [1.165, 1.54) is 7.05 Å². The fourth-order valence-corrected chi connectivity index (χ4v) is 1.29. The minimum absolute atomic E-state index is 0.697.